The fourth-order valence-electron chi connectivity index (χ4n) is 4.12. The van der Waals surface area contributed by atoms with Crippen molar-refractivity contribution in [3.05, 3.63) is 86.3 Å². The van der Waals surface area contributed by atoms with Gasteiger partial charge >= 0.3 is 0 Å². The summed E-state index contributed by atoms with van der Waals surface area (Å²) in [6.07, 6.45) is 1.16. The number of halogens is 3. The molecule has 10 nitrogen and oxygen atoms in total. The zero-order valence-electron chi connectivity index (χ0n) is 19.2. The van der Waals surface area contributed by atoms with Crippen LogP contribution in [0.4, 0.5) is 0 Å². The van der Waals surface area contributed by atoms with Gasteiger partial charge in [0.2, 0.25) is 26.0 Å². The number of imidazole rings is 1. The van der Waals surface area contributed by atoms with E-state index in [4.69, 9.17) is 23.2 Å². The highest BCUT2D eigenvalue weighted by Gasteiger charge is 2.37. The van der Waals surface area contributed by atoms with Crippen LogP contribution in [-0.2, 0) is 31.3 Å². The van der Waals surface area contributed by atoms with Crippen LogP contribution in [0.15, 0.2) is 64.1 Å². The predicted molar refractivity (Wildman–Crippen MR) is 146 cm³/mol. The van der Waals surface area contributed by atoms with Crippen LogP contribution in [0.2, 0.25) is 10.2 Å². The van der Waals surface area contributed by atoms with Gasteiger partial charge in [-0.2, -0.15) is 0 Å². The molecule has 0 spiro atoms. The number of benzene rings is 2. The molecule has 1 aliphatic heterocycles. The van der Waals surface area contributed by atoms with Gasteiger partial charge in [0.15, 0.2) is 0 Å². The maximum atomic E-state index is 13.3. The normalized spacial score (nSPS) is 18.0. The summed E-state index contributed by atoms with van der Waals surface area (Å²) in [5.41, 5.74) is 2.39. The third-order valence-corrected chi connectivity index (χ3v) is 10.5. The number of amides is 1. The van der Waals surface area contributed by atoms with E-state index >= 15 is 0 Å². The highest BCUT2D eigenvalue weighted by Crippen LogP contribution is 2.31. The average molecular weight is 659 g/mol. The van der Waals surface area contributed by atoms with E-state index in [0.29, 0.717) is 37.5 Å². The molecule has 0 saturated carbocycles. The van der Waals surface area contributed by atoms with E-state index in [-0.39, 0.29) is 22.9 Å². The molecule has 5 rings (SSSR count). The van der Waals surface area contributed by atoms with Crippen LogP contribution >= 0.6 is 39.1 Å². The van der Waals surface area contributed by atoms with Crippen LogP contribution in [0.5, 0.6) is 0 Å². The largest absolute Gasteiger partial charge is 0.341 e. The lowest BCUT2D eigenvalue weighted by atomic mass is 10.0. The van der Waals surface area contributed by atoms with Crippen LogP contribution in [0.3, 0.4) is 0 Å². The molecule has 2 atom stereocenters. The molecule has 3 N–H and O–H groups in total. The summed E-state index contributed by atoms with van der Waals surface area (Å²) in [7, 11) is -7.85. The van der Waals surface area contributed by atoms with E-state index in [1.165, 1.54) is 6.07 Å². The number of carbonyl (C=O) groups is 1. The van der Waals surface area contributed by atoms with Crippen LogP contribution in [0.1, 0.15) is 34.7 Å². The maximum Gasteiger partial charge on any atom is 0.242 e. The van der Waals surface area contributed by atoms with Crippen molar-refractivity contribution in [2.75, 3.05) is 0 Å². The Morgan fingerprint density at radius 3 is 2.53 bits per heavy atom. The summed E-state index contributed by atoms with van der Waals surface area (Å²) in [4.78, 5) is 23.1. The second kappa shape index (κ2) is 10.2. The summed E-state index contributed by atoms with van der Waals surface area (Å²) in [5, 5.41) is -0.363. The highest BCUT2D eigenvalue weighted by molar-refractivity contribution is 9.10. The molecule has 0 radical (unpaired) electrons. The van der Waals surface area contributed by atoms with Crippen LogP contribution < -0.4 is 9.44 Å². The zero-order valence-corrected chi connectivity index (χ0v) is 23.9. The van der Waals surface area contributed by atoms with Crippen molar-refractivity contribution in [1.29, 1.82) is 0 Å². The maximum absolute atomic E-state index is 13.3. The van der Waals surface area contributed by atoms with Crippen molar-refractivity contribution in [1.82, 2.24) is 24.4 Å². The van der Waals surface area contributed by atoms with Crippen molar-refractivity contribution >= 4 is 76.1 Å². The Bertz CT molecular complexity index is 1780. The fraction of sp³-hybridized carbons (Fsp3) is 0.174. The molecule has 1 amide bonds. The molecule has 2 aromatic carbocycles. The number of pyridine rings is 1. The van der Waals surface area contributed by atoms with Crippen molar-refractivity contribution in [3.8, 4) is 0 Å². The molecule has 1 aliphatic rings. The number of aromatic amines is 1. The Balaban J connectivity index is 1.48. The molecule has 1 fully saturated rings. The van der Waals surface area contributed by atoms with E-state index in [0.717, 1.165) is 6.20 Å². The average Bonchev–Trinajstić information content (AvgIpc) is 3.39. The van der Waals surface area contributed by atoms with Crippen LogP contribution in [0.25, 0.3) is 11.0 Å². The van der Waals surface area contributed by atoms with Crippen molar-refractivity contribution in [2.45, 2.75) is 29.0 Å². The Morgan fingerprint density at radius 1 is 1.13 bits per heavy atom. The molecule has 38 heavy (non-hydrogen) atoms. The second-order valence-electron chi connectivity index (χ2n) is 8.61. The number of carbonyl (C=O) groups excluding carboxylic acids is 1. The third kappa shape index (κ3) is 5.58. The molecule has 1 saturated heterocycles. The Labute approximate surface area is 236 Å². The number of sulfonamides is 2. The summed E-state index contributed by atoms with van der Waals surface area (Å²) in [5.74, 6) is -0.203. The van der Waals surface area contributed by atoms with Crippen molar-refractivity contribution in [3.63, 3.8) is 0 Å². The van der Waals surface area contributed by atoms with Gasteiger partial charge in [-0.25, -0.2) is 31.5 Å². The van der Waals surface area contributed by atoms with Gasteiger partial charge in [-0.15, -0.1) is 0 Å². The first-order valence-electron chi connectivity index (χ1n) is 11.0. The predicted octanol–water partition coefficient (Wildman–Crippen LogP) is 4.18. The second-order valence-corrected chi connectivity index (χ2v) is 13.8. The minimum Gasteiger partial charge on any atom is -0.341 e. The standard InChI is InChI=1S/C23H18BrCl2N5O5S2/c24-16-9-15(11-27-22(16)26)37(33,34)30-19(23-28-17-6-5-14(25)8-18(17)29-23)7-12-1-3-13(4-2-12)20-10-21(32)31-38(20,35)36/h1-6,8-9,11,19-20,30H,7,10H2,(H,28,29)(H,31,32)/t19-,20?/m0/s1. The van der Waals surface area contributed by atoms with Gasteiger partial charge in [0.05, 0.1) is 28.0 Å². The van der Waals surface area contributed by atoms with Crippen LogP contribution in [-0.4, -0.2) is 37.7 Å². The SMILES string of the molecule is O=C1CC(c2ccc(C[C@H](NS(=O)(=O)c3cnc(Cl)c(Br)c3)c3nc4ccc(Cl)cc4[nH]3)cc2)S(=O)(=O)N1. The van der Waals surface area contributed by atoms with Gasteiger partial charge < -0.3 is 4.98 Å². The molecule has 198 valence electrons. The molecule has 2 aromatic heterocycles. The Morgan fingerprint density at radius 2 is 1.87 bits per heavy atom. The molecule has 15 heteroatoms. The molecule has 4 aromatic rings. The van der Waals surface area contributed by atoms with Gasteiger partial charge in [-0.1, -0.05) is 47.5 Å². The van der Waals surface area contributed by atoms with Gasteiger partial charge in [0.1, 0.15) is 21.1 Å². The monoisotopic (exact) mass is 657 g/mol. The molecule has 1 unspecified atom stereocenters. The number of hydrogen-bond donors (Lipinski definition) is 3. The summed E-state index contributed by atoms with van der Waals surface area (Å²) >= 11 is 15.2. The van der Waals surface area contributed by atoms with E-state index in [9.17, 15) is 21.6 Å². The summed E-state index contributed by atoms with van der Waals surface area (Å²) in [6, 6.07) is 12.2. The fourth-order valence-corrected chi connectivity index (χ4v) is 7.49. The lowest BCUT2D eigenvalue weighted by Gasteiger charge is -2.18. The van der Waals surface area contributed by atoms with Gasteiger partial charge in [0.25, 0.3) is 0 Å². The lowest BCUT2D eigenvalue weighted by molar-refractivity contribution is -0.118. The minimum absolute atomic E-state index is 0.100. The number of rotatable bonds is 7. The number of aromatic nitrogens is 3. The minimum atomic E-state index is -4.07. The summed E-state index contributed by atoms with van der Waals surface area (Å²) < 4.78 is 56.0. The van der Waals surface area contributed by atoms with Gasteiger partial charge in [-0.3, -0.25) is 9.52 Å². The zero-order chi connectivity index (χ0) is 27.2. The Kier molecular flexibility index (Phi) is 7.26. The van der Waals surface area contributed by atoms with Gasteiger partial charge in [0, 0.05) is 11.2 Å². The van der Waals surface area contributed by atoms with E-state index in [2.05, 4.69) is 35.6 Å². The molecular formula is C23H18BrCl2N5O5S2. The van der Waals surface area contributed by atoms with Crippen LogP contribution in [0, 0.1) is 0 Å². The third-order valence-electron chi connectivity index (χ3n) is 5.96. The highest BCUT2D eigenvalue weighted by atomic mass is 79.9. The van der Waals surface area contributed by atoms with Crippen molar-refractivity contribution < 1.29 is 21.6 Å². The smallest absolute Gasteiger partial charge is 0.242 e. The molecular weight excluding hydrogens is 641 g/mol. The summed E-state index contributed by atoms with van der Waals surface area (Å²) in [6.45, 7) is 0. The molecule has 0 aliphatic carbocycles. The topological polar surface area (TPSA) is 151 Å². The van der Waals surface area contributed by atoms with E-state index in [1.54, 1.807) is 42.5 Å². The molecule has 0 bridgehead atoms. The number of nitrogens with zero attached hydrogens (tertiary/aromatic N) is 2. The van der Waals surface area contributed by atoms with E-state index in [1.807, 2.05) is 4.72 Å². The molecule has 3 heterocycles. The number of nitrogens with one attached hydrogen (secondary N) is 3. The first-order valence-corrected chi connectivity index (χ1v) is 15.6. The quantitative estimate of drug-likeness (QED) is 0.252. The number of hydrogen-bond acceptors (Lipinski definition) is 7. The van der Waals surface area contributed by atoms with Crippen molar-refractivity contribution in [2.24, 2.45) is 0 Å². The first-order chi connectivity index (χ1) is 17.9. The number of H-pyrrole nitrogens is 1. The number of fused-ring (bicyclic) bond motifs is 1. The van der Waals surface area contributed by atoms with E-state index < -0.39 is 37.2 Å². The first kappa shape index (κ1) is 27.0. The Hall–Kier alpha value is -2.55. The lowest BCUT2D eigenvalue weighted by Crippen LogP contribution is -2.31. The van der Waals surface area contributed by atoms with Gasteiger partial charge in [-0.05, 0) is 57.7 Å².